The summed E-state index contributed by atoms with van der Waals surface area (Å²) in [5, 5.41) is 2.93. The number of carbonyl (C=O) groups is 2. The molecule has 1 aliphatic rings. The predicted molar refractivity (Wildman–Crippen MR) is 89.5 cm³/mol. The monoisotopic (exact) mass is 321 g/mol. The normalized spacial score (nSPS) is 21.3. The van der Waals surface area contributed by atoms with E-state index in [0.717, 1.165) is 36.3 Å². The number of nitrogens with one attached hydrogen (secondary N) is 1. The van der Waals surface area contributed by atoms with Crippen molar-refractivity contribution in [3.63, 3.8) is 0 Å². The summed E-state index contributed by atoms with van der Waals surface area (Å²) in [5.41, 5.74) is 12.0. The minimum atomic E-state index is -0.376. The SMILES string of the molecule is NC(=O)CSc1ccccc1NC(=O)CC1CCCCC1N. The molecule has 1 aliphatic carbocycles. The fraction of sp³-hybridized carbons (Fsp3) is 0.500. The summed E-state index contributed by atoms with van der Waals surface area (Å²) in [4.78, 5) is 24.0. The van der Waals surface area contributed by atoms with Gasteiger partial charge in [-0.05, 0) is 30.9 Å². The van der Waals surface area contributed by atoms with Gasteiger partial charge in [0.25, 0.3) is 0 Å². The Kier molecular flexibility index (Phi) is 6.27. The van der Waals surface area contributed by atoms with Crippen molar-refractivity contribution in [1.29, 1.82) is 0 Å². The molecule has 5 nitrogen and oxygen atoms in total. The highest BCUT2D eigenvalue weighted by atomic mass is 32.2. The van der Waals surface area contributed by atoms with E-state index in [0.29, 0.717) is 6.42 Å². The van der Waals surface area contributed by atoms with Gasteiger partial charge in [0.15, 0.2) is 0 Å². The van der Waals surface area contributed by atoms with Crippen molar-refractivity contribution in [1.82, 2.24) is 0 Å². The van der Waals surface area contributed by atoms with Crippen molar-refractivity contribution in [3.8, 4) is 0 Å². The molecule has 120 valence electrons. The maximum absolute atomic E-state index is 12.2. The van der Waals surface area contributed by atoms with E-state index in [1.165, 1.54) is 11.8 Å². The molecule has 2 atom stereocenters. The second-order valence-electron chi connectivity index (χ2n) is 5.71. The molecule has 1 aromatic carbocycles. The van der Waals surface area contributed by atoms with Crippen LogP contribution in [0, 0.1) is 5.92 Å². The van der Waals surface area contributed by atoms with Crippen LogP contribution in [0.25, 0.3) is 0 Å². The van der Waals surface area contributed by atoms with E-state index in [1.54, 1.807) is 0 Å². The number of benzene rings is 1. The molecule has 1 aromatic rings. The molecule has 0 aromatic heterocycles. The van der Waals surface area contributed by atoms with Gasteiger partial charge in [-0.2, -0.15) is 0 Å². The van der Waals surface area contributed by atoms with Crippen LogP contribution in [0.2, 0.25) is 0 Å². The first kappa shape index (κ1) is 16.8. The van der Waals surface area contributed by atoms with Crippen molar-refractivity contribution >= 4 is 29.3 Å². The number of para-hydroxylation sites is 1. The standard InChI is InChI=1S/C16H23N3O2S/c17-12-6-2-1-5-11(12)9-16(21)19-13-7-3-4-8-14(13)22-10-15(18)20/h3-4,7-8,11-12H,1-2,5-6,9-10,17H2,(H2,18,20)(H,19,21). The number of amides is 2. The van der Waals surface area contributed by atoms with Gasteiger partial charge in [-0.15, -0.1) is 11.8 Å². The van der Waals surface area contributed by atoms with Crippen LogP contribution in [0.1, 0.15) is 32.1 Å². The lowest BCUT2D eigenvalue weighted by Gasteiger charge is -2.28. The molecule has 0 bridgehead atoms. The average molecular weight is 321 g/mol. The summed E-state index contributed by atoms with van der Waals surface area (Å²) in [6.07, 6.45) is 4.79. The van der Waals surface area contributed by atoms with Crippen molar-refractivity contribution < 1.29 is 9.59 Å². The Labute approximate surface area is 135 Å². The fourth-order valence-electron chi connectivity index (χ4n) is 2.77. The molecule has 22 heavy (non-hydrogen) atoms. The van der Waals surface area contributed by atoms with Crippen LogP contribution < -0.4 is 16.8 Å². The summed E-state index contributed by atoms with van der Waals surface area (Å²) in [6.45, 7) is 0. The van der Waals surface area contributed by atoms with Crippen LogP contribution >= 0.6 is 11.8 Å². The van der Waals surface area contributed by atoms with Gasteiger partial charge in [0, 0.05) is 17.4 Å². The average Bonchev–Trinajstić information content (AvgIpc) is 2.48. The van der Waals surface area contributed by atoms with Gasteiger partial charge in [-0.25, -0.2) is 0 Å². The third-order valence-electron chi connectivity index (χ3n) is 3.95. The highest BCUT2D eigenvalue weighted by molar-refractivity contribution is 8.00. The number of nitrogens with two attached hydrogens (primary N) is 2. The van der Waals surface area contributed by atoms with Gasteiger partial charge in [0.05, 0.1) is 11.4 Å². The summed E-state index contributed by atoms with van der Waals surface area (Å²) in [6, 6.07) is 7.56. The highest BCUT2D eigenvalue weighted by Gasteiger charge is 2.24. The Bertz CT molecular complexity index is 536. The Morgan fingerprint density at radius 1 is 1.23 bits per heavy atom. The number of hydrogen-bond donors (Lipinski definition) is 3. The third-order valence-corrected chi connectivity index (χ3v) is 5.04. The van der Waals surface area contributed by atoms with Crippen LogP contribution in [0.3, 0.4) is 0 Å². The molecule has 0 aliphatic heterocycles. The first-order valence-electron chi connectivity index (χ1n) is 7.62. The molecule has 2 amide bonds. The quantitative estimate of drug-likeness (QED) is 0.699. The molecule has 0 saturated heterocycles. The maximum atomic E-state index is 12.2. The van der Waals surface area contributed by atoms with Gasteiger partial charge in [0.2, 0.25) is 11.8 Å². The van der Waals surface area contributed by atoms with Crippen LogP contribution in [0.5, 0.6) is 0 Å². The maximum Gasteiger partial charge on any atom is 0.227 e. The van der Waals surface area contributed by atoms with Crippen LogP contribution in [-0.2, 0) is 9.59 Å². The van der Waals surface area contributed by atoms with E-state index in [1.807, 2.05) is 24.3 Å². The summed E-state index contributed by atoms with van der Waals surface area (Å²) >= 11 is 1.33. The molecule has 0 spiro atoms. The zero-order valence-corrected chi connectivity index (χ0v) is 13.4. The predicted octanol–water partition coefficient (Wildman–Crippen LogP) is 2.11. The number of anilines is 1. The van der Waals surface area contributed by atoms with Crippen molar-refractivity contribution in [2.45, 2.75) is 43.0 Å². The van der Waals surface area contributed by atoms with E-state index >= 15 is 0 Å². The highest BCUT2D eigenvalue weighted by Crippen LogP contribution is 2.29. The minimum absolute atomic E-state index is 0.0190. The minimum Gasteiger partial charge on any atom is -0.369 e. The third kappa shape index (κ3) is 5.03. The molecule has 2 rings (SSSR count). The van der Waals surface area contributed by atoms with Crippen LogP contribution in [0.15, 0.2) is 29.2 Å². The van der Waals surface area contributed by atoms with Crippen LogP contribution in [-0.4, -0.2) is 23.6 Å². The zero-order chi connectivity index (χ0) is 15.9. The van der Waals surface area contributed by atoms with E-state index < -0.39 is 0 Å². The first-order valence-corrected chi connectivity index (χ1v) is 8.60. The van der Waals surface area contributed by atoms with E-state index in [-0.39, 0.29) is 29.5 Å². The van der Waals surface area contributed by atoms with Gasteiger partial charge in [0.1, 0.15) is 0 Å². The Hall–Kier alpha value is -1.53. The smallest absolute Gasteiger partial charge is 0.227 e. The van der Waals surface area contributed by atoms with Gasteiger partial charge < -0.3 is 16.8 Å². The second kappa shape index (κ2) is 8.19. The molecule has 6 heteroatoms. The van der Waals surface area contributed by atoms with Crippen molar-refractivity contribution in [2.75, 3.05) is 11.1 Å². The molecule has 0 radical (unpaired) electrons. The molecule has 0 heterocycles. The molecular formula is C16H23N3O2S. The van der Waals surface area contributed by atoms with Crippen molar-refractivity contribution in [3.05, 3.63) is 24.3 Å². The fourth-order valence-corrected chi connectivity index (χ4v) is 3.52. The number of carbonyl (C=O) groups excluding carboxylic acids is 2. The number of rotatable bonds is 6. The largest absolute Gasteiger partial charge is 0.369 e. The van der Waals surface area contributed by atoms with E-state index in [4.69, 9.17) is 11.5 Å². The van der Waals surface area contributed by atoms with Crippen LogP contribution in [0.4, 0.5) is 5.69 Å². The number of hydrogen-bond acceptors (Lipinski definition) is 4. The molecule has 1 saturated carbocycles. The van der Waals surface area contributed by atoms with Gasteiger partial charge in [-0.3, -0.25) is 9.59 Å². The molecule has 1 fully saturated rings. The lowest BCUT2D eigenvalue weighted by Crippen LogP contribution is -2.35. The first-order chi connectivity index (χ1) is 10.6. The molecular weight excluding hydrogens is 298 g/mol. The molecule has 5 N–H and O–H groups in total. The number of thioether (sulfide) groups is 1. The second-order valence-corrected chi connectivity index (χ2v) is 6.73. The summed E-state index contributed by atoms with van der Waals surface area (Å²) < 4.78 is 0. The molecule has 2 unspecified atom stereocenters. The van der Waals surface area contributed by atoms with Gasteiger partial charge in [-0.1, -0.05) is 25.0 Å². The number of primary amides is 1. The van der Waals surface area contributed by atoms with Crippen molar-refractivity contribution in [2.24, 2.45) is 17.4 Å². The Balaban J connectivity index is 1.94. The summed E-state index contributed by atoms with van der Waals surface area (Å²) in [5.74, 6) is 0.0633. The Morgan fingerprint density at radius 3 is 2.68 bits per heavy atom. The summed E-state index contributed by atoms with van der Waals surface area (Å²) in [7, 11) is 0. The van der Waals surface area contributed by atoms with E-state index in [9.17, 15) is 9.59 Å². The topological polar surface area (TPSA) is 98.2 Å². The lowest BCUT2D eigenvalue weighted by molar-refractivity contribution is -0.117. The zero-order valence-electron chi connectivity index (χ0n) is 12.6. The lowest BCUT2D eigenvalue weighted by atomic mass is 9.83. The van der Waals surface area contributed by atoms with Gasteiger partial charge >= 0.3 is 0 Å². The Morgan fingerprint density at radius 2 is 1.95 bits per heavy atom. The van der Waals surface area contributed by atoms with E-state index in [2.05, 4.69) is 5.32 Å².